The fourth-order valence-electron chi connectivity index (χ4n) is 4.58. The molecule has 1 aromatic heterocycles. The van der Waals surface area contributed by atoms with Gasteiger partial charge in [0.25, 0.3) is 0 Å². The van der Waals surface area contributed by atoms with E-state index in [9.17, 15) is 4.79 Å². The summed E-state index contributed by atoms with van der Waals surface area (Å²) in [4.78, 5) is 17.6. The van der Waals surface area contributed by atoms with Gasteiger partial charge in [-0.25, -0.2) is 4.98 Å². The number of hydrogen-bond donors (Lipinski definition) is 1. The van der Waals surface area contributed by atoms with Crippen molar-refractivity contribution in [2.75, 3.05) is 0 Å². The number of aryl methyl sites for hydroxylation is 2. The Hall–Kier alpha value is -2.62. The first-order chi connectivity index (χ1) is 16.1. The van der Waals surface area contributed by atoms with Crippen molar-refractivity contribution in [2.24, 2.45) is 0 Å². The molecule has 0 saturated carbocycles. The van der Waals surface area contributed by atoms with E-state index in [2.05, 4.69) is 48.0 Å². The summed E-state index contributed by atoms with van der Waals surface area (Å²) in [6.07, 6.45) is 12.2. The highest BCUT2D eigenvalue weighted by atomic mass is 16.1. The van der Waals surface area contributed by atoms with Crippen LogP contribution in [0.1, 0.15) is 94.6 Å². The highest BCUT2D eigenvalue weighted by molar-refractivity contribution is 5.80. The van der Waals surface area contributed by atoms with Gasteiger partial charge in [-0.3, -0.25) is 4.79 Å². The van der Waals surface area contributed by atoms with Gasteiger partial charge < -0.3 is 9.88 Å². The molecule has 33 heavy (non-hydrogen) atoms. The van der Waals surface area contributed by atoms with Crippen LogP contribution < -0.4 is 5.32 Å². The monoisotopic (exact) mass is 447 g/mol. The number of nitrogens with zero attached hydrogens (tertiary/aromatic N) is 2. The topological polar surface area (TPSA) is 46.9 Å². The van der Waals surface area contributed by atoms with Gasteiger partial charge in [0, 0.05) is 6.54 Å². The van der Waals surface area contributed by atoms with E-state index in [0.717, 1.165) is 41.0 Å². The molecule has 4 nitrogen and oxygen atoms in total. The van der Waals surface area contributed by atoms with E-state index in [1.54, 1.807) is 0 Å². The lowest BCUT2D eigenvalue weighted by molar-refractivity contribution is -0.121. The minimum absolute atomic E-state index is 0.0403. The predicted octanol–water partition coefficient (Wildman–Crippen LogP) is 7.30. The molecule has 178 valence electrons. The van der Waals surface area contributed by atoms with Gasteiger partial charge in [-0.1, -0.05) is 94.7 Å². The number of carbonyl (C=O) groups excluding carboxylic acids is 1. The molecule has 0 saturated heterocycles. The molecule has 2 aromatic carbocycles. The number of aromatic nitrogens is 2. The summed E-state index contributed by atoms with van der Waals surface area (Å²) in [5.74, 6) is 0.993. The number of fused-ring (bicyclic) bond motifs is 1. The maximum atomic E-state index is 12.8. The van der Waals surface area contributed by atoms with Gasteiger partial charge in [-0.05, 0) is 43.5 Å². The standard InChI is InChI=1S/C29H41N3O/c1-4-5-6-7-8-9-10-11-16-21-32-27-20-15-14-19-26(27)31-29(32)24(3)30-28(33)22-25-18-13-12-17-23(25)2/h12-15,17-20,24H,4-11,16,21-22H2,1-3H3,(H,30,33). The molecule has 1 N–H and O–H groups in total. The molecule has 1 atom stereocenters. The van der Waals surface area contributed by atoms with Gasteiger partial charge in [-0.2, -0.15) is 0 Å². The Labute approximate surface area is 199 Å². The lowest BCUT2D eigenvalue weighted by atomic mass is 10.1. The highest BCUT2D eigenvalue weighted by Gasteiger charge is 2.18. The highest BCUT2D eigenvalue weighted by Crippen LogP contribution is 2.22. The first kappa shape index (κ1) is 25.0. The van der Waals surface area contributed by atoms with Gasteiger partial charge in [0.05, 0.1) is 23.5 Å². The van der Waals surface area contributed by atoms with Crippen LogP contribution in [0.4, 0.5) is 0 Å². The van der Waals surface area contributed by atoms with Crippen molar-refractivity contribution in [3.05, 3.63) is 65.5 Å². The second-order valence-corrected chi connectivity index (χ2v) is 9.33. The van der Waals surface area contributed by atoms with Gasteiger partial charge in [0.2, 0.25) is 5.91 Å². The molecular weight excluding hydrogens is 406 g/mol. The number of imidazole rings is 1. The number of benzene rings is 2. The van der Waals surface area contributed by atoms with Crippen molar-refractivity contribution in [3.63, 3.8) is 0 Å². The maximum absolute atomic E-state index is 12.8. The van der Waals surface area contributed by atoms with Gasteiger partial charge in [0.15, 0.2) is 0 Å². The number of rotatable bonds is 14. The van der Waals surface area contributed by atoms with Crippen molar-refractivity contribution in [2.45, 2.75) is 97.6 Å². The zero-order chi connectivity index (χ0) is 23.5. The summed E-state index contributed by atoms with van der Waals surface area (Å²) in [5.41, 5.74) is 4.39. The van der Waals surface area contributed by atoms with Crippen molar-refractivity contribution >= 4 is 16.9 Å². The quantitative estimate of drug-likeness (QED) is 0.264. The average molecular weight is 448 g/mol. The molecule has 1 heterocycles. The van der Waals surface area contributed by atoms with Gasteiger partial charge >= 0.3 is 0 Å². The molecule has 0 bridgehead atoms. The third kappa shape index (κ3) is 7.45. The van der Waals surface area contributed by atoms with Gasteiger partial charge in [-0.15, -0.1) is 0 Å². The molecule has 0 aliphatic carbocycles. The Morgan fingerprint density at radius 1 is 0.909 bits per heavy atom. The summed E-state index contributed by atoms with van der Waals surface area (Å²) in [5, 5.41) is 3.19. The van der Waals surface area contributed by atoms with Crippen molar-refractivity contribution < 1.29 is 4.79 Å². The van der Waals surface area contributed by atoms with Crippen LogP contribution in [0.25, 0.3) is 11.0 Å². The summed E-state index contributed by atoms with van der Waals surface area (Å²) in [6.45, 7) is 7.31. The Bertz CT molecular complexity index is 1010. The maximum Gasteiger partial charge on any atom is 0.225 e. The summed E-state index contributed by atoms with van der Waals surface area (Å²) in [7, 11) is 0. The van der Waals surface area contributed by atoms with Crippen LogP contribution >= 0.6 is 0 Å². The normalized spacial score (nSPS) is 12.2. The SMILES string of the molecule is CCCCCCCCCCCn1c(C(C)NC(=O)Cc2ccccc2C)nc2ccccc21. The van der Waals surface area contributed by atoms with Crippen molar-refractivity contribution in [3.8, 4) is 0 Å². The first-order valence-electron chi connectivity index (χ1n) is 12.9. The van der Waals surface area contributed by atoms with E-state index >= 15 is 0 Å². The molecule has 3 rings (SSSR count). The molecule has 1 unspecified atom stereocenters. The Morgan fingerprint density at radius 3 is 2.27 bits per heavy atom. The number of nitrogens with one attached hydrogen (secondary N) is 1. The molecule has 4 heteroatoms. The molecule has 0 aliphatic heterocycles. The van der Waals surface area contributed by atoms with E-state index in [0.29, 0.717) is 6.42 Å². The molecule has 0 fully saturated rings. The zero-order valence-corrected chi connectivity index (χ0v) is 20.8. The minimum atomic E-state index is -0.132. The third-order valence-electron chi connectivity index (χ3n) is 6.55. The Kier molecular flexibility index (Phi) is 9.99. The number of carbonyl (C=O) groups is 1. The fraction of sp³-hybridized carbons (Fsp3) is 0.517. The number of amides is 1. The average Bonchev–Trinajstić information content (AvgIpc) is 3.18. The predicted molar refractivity (Wildman–Crippen MR) is 138 cm³/mol. The van der Waals surface area contributed by atoms with E-state index in [1.165, 1.54) is 51.4 Å². The number of para-hydroxylation sites is 2. The van der Waals surface area contributed by atoms with Gasteiger partial charge in [0.1, 0.15) is 5.82 Å². The van der Waals surface area contributed by atoms with Crippen LogP contribution in [0.3, 0.4) is 0 Å². The van der Waals surface area contributed by atoms with E-state index in [1.807, 2.05) is 31.2 Å². The second kappa shape index (κ2) is 13.2. The largest absolute Gasteiger partial charge is 0.346 e. The minimum Gasteiger partial charge on any atom is -0.346 e. The summed E-state index contributed by atoms with van der Waals surface area (Å²) in [6, 6.07) is 16.3. The van der Waals surface area contributed by atoms with E-state index in [-0.39, 0.29) is 11.9 Å². The van der Waals surface area contributed by atoms with Crippen LogP contribution in [0.15, 0.2) is 48.5 Å². The smallest absolute Gasteiger partial charge is 0.225 e. The summed E-state index contributed by atoms with van der Waals surface area (Å²) >= 11 is 0. The molecule has 0 spiro atoms. The molecule has 0 aliphatic rings. The molecule has 3 aromatic rings. The lowest BCUT2D eigenvalue weighted by Gasteiger charge is -2.17. The lowest BCUT2D eigenvalue weighted by Crippen LogP contribution is -2.30. The first-order valence-corrected chi connectivity index (χ1v) is 12.9. The van der Waals surface area contributed by atoms with Crippen molar-refractivity contribution in [1.29, 1.82) is 0 Å². The third-order valence-corrected chi connectivity index (χ3v) is 6.55. The van der Waals surface area contributed by atoms with E-state index < -0.39 is 0 Å². The van der Waals surface area contributed by atoms with E-state index in [4.69, 9.17) is 4.98 Å². The number of hydrogen-bond acceptors (Lipinski definition) is 2. The van der Waals surface area contributed by atoms with Crippen LogP contribution in [-0.4, -0.2) is 15.5 Å². The number of unbranched alkanes of at least 4 members (excludes halogenated alkanes) is 8. The van der Waals surface area contributed by atoms with Crippen LogP contribution in [0.5, 0.6) is 0 Å². The molecule has 1 amide bonds. The molecular formula is C29H41N3O. The summed E-state index contributed by atoms with van der Waals surface area (Å²) < 4.78 is 2.31. The molecule has 0 radical (unpaired) electrons. The van der Waals surface area contributed by atoms with Crippen LogP contribution in [-0.2, 0) is 17.8 Å². The Morgan fingerprint density at radius 2 is 1.55 bits per heavy atom. The zero-order valence-electron chi connectivity index (χ0n) is 20.8. The fourth-order valence-corrected chi connectivity index (χ4v) is 4.58. The van der Waals surface area contributed by atoms with Crippen LogP contribution in [0, 0.1) is 6.92 Å². The van der Waals surface area contributed by atoms with Crippen molar-refractivity contribution in [1.82, 2.24) is 14.9 Å². The second-order valence-electron chi connectivity index (χ2n) is 9.33. The van der Waals surface area contributed by atoms with Crippen LogP contribution in [0.2, 0.25) is 0 Å². The Balaban J connectivity index is 1.57.